The number of aryl methyl sites for hydroxylation is 1. The van der Waals surface area contributed by atoms with Crippen molar-refractivity contribution in [3.63, 3.8) is 0 Å². The normalized spacial score (nSPS) is 11.7. The maximum absolute atomic E-state index is 11.8. The summed E-state index contributed by atoms with van der Waals surface area (Å²) >= 11 is 0. The molecule has 132 valence electrons. The van der Waals surface area contributed by atoms with E-state index in [0.717, 1.165) is 22.2 Å². The summed E-state index contributed by atoms with van der Waals surface area (Å²) in [5.41, 5.74) is 1.83. The van der Waals surface area contributed by atoms with Crippen LogP contribution in [0.25, 0.3) is 0 Å². The number of benzene rings is 1. The van der Waals surface area contributed by atoms with Crippen LogP contribution in [0.4, 0.5) is 0 Å². The summed E-state index contributed by atoms with van der Waals surface area (Å²) in [7, 11) is 6.20. The Balaban J connectivity index is 0.00000484. The number of carbonyl (C=O) groups excluding carboxylic acids is 1. The van der Waals surface area contributed by atoms with E-state index >= 15 is 0 Å². The molecule has 1 N–H and O–H groups in total. The zero-order valence-corrected chi connectivity index (χ0v) is 15.9. The number of rotatable bonds is 6. The zero-order chi connectivity index (χ0) is 17.0. The molecule has 23 heavy (non-hydrogen) atoms. The third kappa shape index (κ3) is 8.24. The maximum atomic E-state index is 11.8. The van der Waals surface area contributed by atoms with Gasteiger partial charge in [0, 0.05) is 6.42 Å². The monoisotopic (exact) mass is 343 g/mol. The van der Waals surface area contributed by atoms with Crippen molar-refractivity contribution in [2.45, 2.75) is 39.0 Å². The fourth-order valence-corrected chi connectivity index (χ4v) is 2.09. The largest absolute Gasteiger partial charge is 1.00 e. The molecule has 1 rings (SSSR count). The van der Waals surface area contributed by atoms with E-state index in [4.69, 9.17) is 4.74 Å². The van der Waals surface area contributed by atoms with E-state index in [2.05, 4.69) is 41.9 Å². The number of aromatic hydroxyl groups is 1. The highest BCUT2D eigenvalue weighted by molar-refractivity contribution is 5.69. The van der Waals surface area contributed by atoms with Gasteiger partial charge in [-0.15, -0.1) is 0 Å². The molecule has 4 nitrogen and oxygen atoms in total. The first kappa shape index (κ1) is 21.7. The summed E-state index contributed by atoms with van der Waals surface area (Å²) in [6.07, 6.45) is 0.998. The first-order chi connectivity index (χ1) is 9.99. The molecule has 0 aliphatic heterocycles. The minimum absolute atomic E-state index is 0. The van der Waals surface area contributed by atoms with Crippen molar-refractivity contribution >= 4 is 5.97 Å². The molecular weight excluding hydrogens is 314 g/mol. The smallest absolute Gasteiger partial charge is 0.306 e. The van der Waals surface area contributed by atoms with E-state index in [-0.39, 0.29) is 23.8 Å². The molecule has 0 unspecified atom stereocenters. The summed E-state index contributed by atoms with van der Waals surface area (Å²) in [4.78, 5) is 11.8. The molecule has 1 aromatic rings. The third-order valence-electron chi connectivity index (χ3n) is 3.51. The Morgan fingerprint density at radius 3 is 2.35 bits per heavy atom. The average molecular weight is 344 g/mol. The molecule has 0 aliphatic rings. The third-order valence-corrected chi connectivity index (χ3v) is 3.51. The second-order valence-corrected chi connectivity index (χ2v) is 7.84. The van der Waals surface area contributed by atoms with E-state index < -0.39 is 0 Å². The SMILES string of the molecule is CC(C)(C)c1cc(CCC(=O)OCC[N+](C)(C)C)ccc1O.[Cl-]. The summed E-state index contributed by atoms with van der Waals surface area (Å²) < 4.78 is 6.04. The lowest BCUT2D eigenvalue weighted by Gasteiger charge is -2.23. The van der Waals surface area contributed by atoms with Crippen molar-refractivity contribution in [2.24, 2.45) is 0 Å². The van der Waals surface area contributed by atoms with Crippen LogP contribution in [0.5, 0.6) is 5.75 Å². The van der Waals surface area contributed by atoms with E-state index in [0.29, 0.717) is 25.2 Å². The predicted molar refractivity (Wildman–Crippen MR) is 89.0 cm³/mol. The van der Waals surface area contributed by atoms with Crippen LogP contribution >= 0.6 is 0 Å². The number of likely N-dealkylation sites (N-methyl/N-ethyl adjacent to an activating group) is 1. The number of ether oxygens (including phenoxy) is 1. The highest BCUT2D eigenvalue weighted by Gasteiger charge is 2.18. The number of hydrogen-bond donors (Lipinski definition) is 1. The second kappa shape index (κ2) is 8.55. The Labute approximate surface area is 146 Å². The van der Waals surface area contributed by atoms with Gasteiger partial charge in [0.05, 0.1) is 21.1 Å². The van der Waals surface area contributed by atoms with E-state index in [1.54, 1.807) is 6.07 Å². The van der Waals surface area contributed by atoms with Gasteiger partial charge >= 0.3 is 5.97 Å². The lowest BCUT2D eigenvalue weighted by atomic mass is 9.85. The van der Waals surface area contributed by atoms with Gasteiger partial charge < -0.3 is 26.7 Å². The molecule has 0 radical (unpaired) electrons. The molecule has 0 heterocycles. The van der Waals surface area contributed by atoms with Crippen LogP contribution in [-0.4, -0.2) is 49.9 Å². The Bertz CT molecular complexity index is 516. The Morgan fingerprint density at radius 2 is 1.83 bits per heavy atom. The molecule has 0 aromatic heterocycles. The van der Waals surface area contributed by atoms with E-state index in [1.807, 2.05) is 12.1 Å². The maximum Gasteiger partial charge on any atom is 0.306 e. The van der Waals surface area contributed by atoms with Crippen molar-refractivity contribution in [1.29, 1.82) is 0 Å². The number of esters is 1. The molecule has 0 spiro atoms. The number of quaternary nitrogens is 1. The van der Waals surface area contributed by atoms with Gasteiger partial charge in [0.15, 0.2) is 0 Å². The summed E-state index contributed by atoms with van der Waals surface area (Å²) in [5.74, 6) is 0.139. The minimum Gasteiger partial charge on any atom is -1.00 e. The molecule has 0 amide bonds. The lowest BCUT2D eigenvalue weighted by molar-refractivity contribution is -0.870. The number of phenolic OH excluding ortho intramolecular Hbond substituents is 1. The van der Waals surface area contributed by atoms with Crippen LogP contribution in [0.1, 0.15) is 38.3 Å². The van der Waals surface area contributed by atoms with Crippen LogP contribution in [0, 0.1) is 0 Å². The van der Waals surface area contributed by atoms with Crippen molar-refractivity contribution in [2.75, 3.05) is 34.3 Å². The molecule has 0 atom stereocenters. The fraction of sp³-hybridized carbons (Fsp3) is 0.611. The van der Waals surface area contributed by atoms with Crippen molar-refractivity contribution in [1.82, 2.24) is 0 Å². The number of halogens is 1. The topological polar surface area (TPSA) is 46.5 Å². The Kier molecular flexibility index (Phi) is 8.08. The highest BCUT2D eigenvalue weighted by Crippen LogP contribution is 2.31. The van der Waals surface area contributed by atoms with Gasteiger partial charge in [-0.3, -0.25) is 4.79 Å². The van der Waals surface area contributed by atoms with Crippen molar-refractivity contribution < 1.29 is 31.5 Å². The molecule has 0 aliphatic carbocycles. The second-order valence-electron chi connectivity index (χ2n) is 7.84. The van der Waals surface area contributed by atoms with Gasteiger partial charge in [-0.2, -0.15) is 0 Å². The Hall–Kier alpha value is -1.26. The van der Waals surface area contributed by atoms with E-state index in [9.17, 15) is 9.90 Å². The van der Waals surface area contributed by atoms with Crippen LogP contribution in [0.15, 0.2) is 18.2 Å². The van der Waals surface area contributed by atoms with Crippen molar-refractivity contribution in [3.05, 3.63) is 29.3 Å². The first-order valence-electron chi connectivity index (χ1n) is 7.77. The quantitative estimate of drug-likeness (QED) is 0.578. The molecule has 5 heteroatoms. The molecule has 1 aromatic carbocycles. The Morgan fingerprint density at radius 1 is 1.22 bits per heavy atom. The van der Waals surface area contributed by atoms with Gasteiger partial charge in [0.1, 0.15) is 18.9 Å². The summed E-state index contributed by atoms with van der Waals surface area (Å²) in [6.45, 7) is 7.44. The number of hydrogen-bond acceptors (Lipinski definition) is 3. The molecule has 0 bridgehead atoms. The van der Waals surface area contributed by atoms with Crippen LogP contribution < -0.4 is 12.4 Å². The predicted octanol–water partition coefficient (Wildman–Crippen LogP) is -0.124. The molecule has 0 fully saturated rings. The van der Waals surface area contributed by atoms with Gasteiger partial charge in [-0.1, -0.05) is 32.9 Å². The summed E-state index contributed by atoms with van der Waals surface area (Å²) in [5, 5.41) is 9.95. The van der Waals surface area contributed by atoms with Crippen molar-refractivity contribution in [3.8, 4) is 5.75 Å². The van der Waals surface area contributed by atoms with Gasteiger partial charge in [-0.25, -0.2) is 0 Å². The minimum atomic E-state index is -0.168. The van der Waals surface area contributed by atoms with Crippen LogP contribution in [0.2, 0.25) is 0 Å². The summed E-state index contributed by atoms with van der Waals surface area (Å²) in [6, 6.07) is 5.55. The number of phenols is 1. The van der Waals surface area contributed by atoms with Gasteiger partial charge in [0.25, 0.3) is 0 Å². The molecule has 0 saturated carbocycles. The average Bonchev–Trinajstić information content (AvgIpc) is 2.34. The molecular formula is C18H30ClNO3. The number of carbonyl (C=O) groups is 1. The number of nitrogens with zero attached hydrogens (tertiary/aromatic N) is 1. The first-order valence-corrected chi connectivity index (χ1v) is 7.77. The van der Waals surface area contributed by atoms with Crippen LogP contribution in [0.3, 0.4) is 0 Å². The highest BCUT2D eigenvalue weighted by atomic mass is 35.5. The van der Waals surface area contributed by atoms with Gasteiger partial charge in [-0.05, 0) is 29.0 Å². The zero-order valence-electron chi connectivity index (χ0n) is 15.1. The molecule has 0 saturated heterocycles. The lowest BCUT2D eigenvalue weighted by Crippen LogP contribution is -3.00. The van der Waals surface area contributed by atoms with Gasteiger partial charge in [0.2, 0.25) is 0 Å². The van der Waals surface area contributed by atoms with E-state index in [1.165, 1.54) is 0 Å². The van der Waals surface area contributed by atoms with Crippen LogP contribution in [-0.2, 0) is 21.4 Å². The standard InChI is InChI=1S/C18H29NO3.ClH/c1-18(2,3)15-13-14(7-9-16(15)20)8-10-17(21)22-12-11-19(4,5)6;/h7,9,13H,8,10-12H2,1-6H3;1H. The fourth-order valence-electron chi connectivity index (χ4n) is 2.09.